The van der Waals surface area contributed by atoms with Gasteiger partial charge in [-0.25, -0.2) is 0 Å². The van der Waals surface area contributed by atoms with Crippen LogP contribution in [0.2, 0.25) is 0 Å². The van der Waals surface area contributed by atoms with Crippen molar-refractivity contribution in [3.63, 3.8) is 0 Å². The summed E-state index contributed by atoms with van der Waals surface area (Å²) in [4.78, 5) is 27.8. The van der Waals surface area contributed by atoms with Crippen LogP contribution in [0.4, 0.5) is 0 Å². The second-order valence-electron chi connectivity index (χ2n) is 6.03. The minimum absolute atomic E-state index is 0. The Bertz CT molecular complexity index is 344. The Morgan fingerprint density at radius 2 is 1.86 bits per heavy atom. The highest BCUT2D eigenvalue weighted by Gasteiger charge is 2.24. The van der Waals surface area contributed by atoms with Crippen molar-refractivity contribution in [1.82, 2.24) is 15.1 Å². The number of nitrogens with zero attached hydrogens (tertiary/aromatic N) is 2. The summed E-state index contributed by atoms with van der Waals surface area (Å²) in [7, 11) is 3.90. The van der Waals surface area contributed by atoms with E-state index in [2.05, 4.69) is 17.3 Å². The maximum atomic E-state index is 12.1. The standard InChI is InChI=1S/C14H28N4O2.ClH/c1-10(2)13(15)14(20)16-9-12(19)18(4)11-5-7-17(3)8-6-11;/h10-11,13H,5-9,15H2,1-4H3,(H,16,20);1H/t13-;/m0./s1. The highest BCUT2D eigenvalue weighted by Crippen LogP contribution is 2.13. The molecule has 0 spiro atoms. The van der Waals surface area contributed by atoms with Crippen molar-refractivity contribution in [2.24, 2.45) is 11.7 Å². The van der Waals surface area contributed by atoms with Gasteiger partial charge in [0.15, 0.2) is 0 Å². The Kier molecular flexibility index (Phi) is 8.85. The molecule has 1 rings (SSSR count). The number of piperidine rings is 1. The molecule has 21 heavy (non-hydrogen) atoms. The minimum Gasteiger partial charge on any atom is -0.346 e. The summed E-state index contributed by atoms with van der Waals surface area (Å²) in [6, 6.07) is -0.286. The van der Waals surface area contributed by atoms with Gasteiger partial charge in [-0.05, 0) is 38.9 Å². The molecule has 7 heteroatoms. The van der Waals surface area contributed by atoms with Crippen molar-refractivity contribution < 1.29 is 9.59 Å². The second kappa shape index (κ2) is 9.23. The number of halogens is 1. The molecule has 1 saturated heterocycles. The Morgan fingerprint density at radius 1 is 1.33 bits per heavy atom. The van der Waals surface area contributed by atoms with E-state index < -0.39 is 6.04 Å². The van der Waals surface area contributed by atoms with Gasteiger partial charge in [0.1, 0.15) is 0 Å². The molecule has 0 aromatic heterocycles. The summed E-state index contributed by atoms with van der Waals surface area (Å²) in [6.45, 7) is 5.81. The average Bonchev–Trinajstić information content (AvgIpc) is 2.43. The molecule has 124 valence electrons. The summed E-state index contributed by atoms with van der Waals surface area (Å²) in [6.07, 6.45) is 1.97. The van der Waals surface area contributed by atoms with Crippen LogP contribution in [-0.4, -0.2) is 67.4 Å². The number of carbonyl (C=O) groups is 2. The van der Waals surface area contributed by atoms with Gasteiger partial charge in [0.25, 0.3) is 0 Å². The fourth-order valence-electron chi connectivity index (χ4n) is 2.29. The molecule has 1 aliphatic rings. The van der Waals surface area contributed by atoms with E-state index in [0.29, 0.717) is 0 Å². The van der Waals surface area contributed by atoms with Gasteiger partial charge in [-0.3, -0.25) is 9.59 Å². The van der Waals surface area contributed by atoms with Crippen LogP contribution in [0.15, 0.2) is 0 Å². The fourth-order valence-corrected chi connectivity index (χ4v) is 2.29. The van der Waals surface area contributed by atoms with Crippen LogP contribution < -0.4 is 11.1 Å². The van der Waals surface area contributed by atoms with E-state index in [-0.39, 0.29) is 42.7 Å². The highest BCUT2D eigenvalue weighted by atomic mass is 35.5. The molecule has 0 radical (unpaired) electrons. The third-order valence-corrected chi connectivity index (χ3v) is 4.06. The molecule has 1 aliphatic heterocycles. The van der Waals surface area contributed by atoms with Gasteiger partial charge in [-0.15, -0.1) is 12.4 Å². The first-order chi connectivity index (χ1) is 9.32. The lowest BCUT2D eigenvalue weighted by Crippen LogP contribution is -2.50. The third-order valence-electron chi connectivity index (χ3n) is 4.06. The summed E-state index contributed by atoms with van der Waals surface area (Å²) in [5, 5.41) is 2.63. The molecule has 1 fully saturated rings. The van der Waals surface area contributed by atoms with Crippen LogP contribution in [0, 0.1) is 5.92 Å². The third kappa shape index (κ3) is 6.20. The van der Waals surface area contributed by atoms with Crippen molar-refractivity contribution in [2.75, 3.05) is 33.7 Å². The van der Waals surface area contributed by atoms with E-state index in [9.17, 15) is 9.59 Å². The first kappa shape index (κ1) is 20.1. The van der Waals surface area contributed by atoms with Crippen LogP contribution >= 0.6 is 12.4 Å². The van der Waals surface area contributed by atoms with E-state index in [4.69, 9.17) is 5.73 Å². The maximum Gasteiger partial charge on any atom is 0.241 e. The molecule has 1 heterocycles. The predicted molar refractivity (Wildman–Crippen MR) is 86.4 cm³/mol. The number of nitrogens with two attached hydrogens (primary N) is 1. The van der Waals surface area contributed by atoms with Crippen LogP contribution in [0.5, 0.6) is 0 Å². The molecule has 1 atom stereocenters. The highest BCUT2D eigenvalue weighted by molar-refractivity contribution is 5.87. The Labute approximate surface area is 133 Å². The normalized spacial score (nSPS) is 18.0. The lowest BCUT2D eigenvalue weighted by atomic mass is 10.0. The first-order valence-electron chi connectivity index (χ1n) is 7.30. The molecule has 0 aromatic rings. The zero-order chi connectivity index (χ0) is 15.3. The smallest absolute Gasteiger partial charge is 0.241 e. The number of hydrogen-bond acceptors (Lipinski definition) is 4. The van der Waals surface area contributed by atoms with E-state index in [0.717, 1.165) is 25.9 Å². The average molecular weight is 321 g/mol. The van der Waals surface area contributed by atoms with Gasteiger partial charge in [0.05, 0.1) is 12.6 Å². The van der Waals surface area contributed by atoms with Crippen molar-refractivity contribution in [1.29, 1.82) is 0 Å². The van der Waals surface area contributed by atoms with Gasteiger partial charge in [0, 0.05) is 13.1 Å². The molecular formula is C14H29ClN4O2. The van der Waals surface area contributed by atoms with E-state index in [1.807, 2.05) is 20.9 Å². The van der Waals surface area contributed by atoms with Crippen LogP contribution in [0.3, 0.4) is 0 Å². The Balaban J connectivity index is 0.00000400. The molecule has 3 N–H and O–H groups in total. The van der Waals surface area contributed by atoms with E-state index >= 15 is 0 Å². The molecule has 0 saturated carbocycles. The summed E-state index contributed by atoms with van der Waals surface area (Å²) in [5.74, 6) is -0.245. The number of likely N-dealkylation sites (tertiary alicyclic amines) is 1. The van der Waals surface area contributed by atoms with E-state index in [1.165, 1.54) is 0 Å². The largest absolute Gasteiger partial charge is 0.346 e. The summed E-state index contributed by atoms with van der Waals surface area (Å²) < 4.78 is 0. The first-order valence-corrected chi connectivity index (χ1v) is 7.30. The van der Waals surface area contributed by atoms with Crippen molar-refractivity contribution in [2.45, 2.75) is 38.8 Å². The van der Waals surface area contributed by atoms with Gasteiger partial charge in [-0.1, -0.05) is 13.8 Å². The van der Waals surface area contributed by atoms with Crippen molar-refractivity contribution in [3.05, 3.63) is 0 Å². The zero-order valence-corrected chi connectivity index (χ0v) is 14.3. The molecule has 0 aromatic carbocycles. The fraction of sp³-hybridized carbons (Fsp3) is 0.857. The summed E-state index contributed by atoms with van der Waals surface area (Å²) >= 11 is 0. The van der Waals surface area contributed by atoms with Gasteiger partial charge >= 0.3 is 0 Å². The van der Waals surface area contributed by atoms with Gasteiger partial charge in [0.2, 0.25) is 11.8 Å². The Hall–Kier alpha value is -0.850. The lowest BCUT2D eigenvalue weighted by molar-refractivity contribution is -0.134. The maximum absolute atomic E-state index is 12.1. The Morgan fingerprint density at radius 3 is 2.33 bits per heavy atom. The van der Waals surface area contributed by atoms with Crippen LogP contribution in [0.25, 0.3) is 0 Å². The number of carbonyl (C=O) groups excluding carboxylic acids is 2. The zero-order valence-electron chi connectivity index (χ0n) is 13.5. The number of nitrogens with one attached hydrogen (secondary N) is 1. The molecule has 0 aliphatic carbocycles. The van der Waals surface area contributed by atoms with Gasteiger partial charge < -0.3 is 20.9 Å². The van der Waals surface area contributed by atoms with Crippen LogP contribution in [0.1, 0.15) is 26.7 Å². The minimum atomic E-state index is -0.559. The van der Waals surface area contributed by atoms with Gasteiger partial charge in [-0.2, -0.15) is 0 Å². The quantitative estimate of drug-likeness (QED) is 0.751. The van der Waals surface area contributed by atoms with E-state index in [1.54, 1.807) is 4.90 Å². The predicted octanol–water partition coefficient (Wildman–Crippen LogP) is 0.0603. The number of hydrogen-bond donors (Lipinski definition) is 2. The molecular weight excluding hydrogens is 292 g/mol. The second-order valence-corrected chi connectivity index (χ2v) is 6.03. The van der Waals surface area contributed by atoms with Crippen LogP contribution in [-0.2, 0) is 9.59 Å². The summed E-state index contributed by atoms with van der Waals surface area (Å²) in [5.41, 5.74) is 5.74. The number of likely N-dealkylation sites (N-methyl/N-ethyl adjacent to an activating group) is 1. The van der Waals surface area contributed by atoms with Crippen molar-refractivity contribution in [3.8, 4) is 0 Å². The molecule has 6 nitrogen and oxygen atoms in total. The van der Waals surface area contributed by atoms with Crippen molar-refractivity contribution >= 4 is 24.2 Å². The molecule has 0 unspecified atom stereocenters. The SMILES string of the molecule is CC(C)[C@H](N)C(=O)NCC(=O)N(C)C1CCN(C)CC1.Cl. The topological polar surface area (TPSA) is 78.7 Å². The number of rotatable bonds is 5. The lowest BCUT2D eigenvalue weighted by Gasteiger charge is -2.35. The monoisotopic (exact) mass is 320 g/mol. The molecule has 2 amide bonds. The number of amides is 2. The molecule has 0 bridgehead atoms.